The maximum atomic E-state index is 11.4. The van der Waals surface area contributed by atoms with Crippen LogP contribution in [0.3, 0.4) is 0 Å². The summed E-state index contributed by atoms with van der Waals surface area (Å²) in [5.41, 5.74) is 10.3. The summed E-state index contributed by atoms with van der Waals surface area (Å²) in [5, 5.41) is 3.53. The Hall–Kier alpha value is -2.88. The second-order valence-electron chi connectivity index (χ2n) is 8.61. The summed E-state index contributed by atoms with van der Waals surface area (Å²) in [7, 11) is 1.81. The molecule has 4 rings (SSSR count). The maximum Gasteiger partial charge on any atom is 0.217 e. The molecular weight excluding hydrogens is 539 g/mol. The Morgan fingerprint density at radius 2 is 2.00 bits per heavy atom. The lowest BCUT2D eigenvalue weighted by molar-refractivity contribution is -0.119. The number of imidazole rings is 1. The van der Waals surface area contributed by atoms with Gasteiger partial charge in [0.1, 0.15) is 0 Å². The number of amides is 1. The van der Waals surface area contributed by atoms with E-state index in [9.17, 15) is 4.79 Å². The molecule has 2 aromatic carbocycles. The molecule has 1 unspecified atom stereocenters. The van der Waals surface area contributed by atoms with Gasteiger partial charge in [-0.2, -0.15) is 0 Å². The molecule has 34 heavy (non-hydrogen) atoms. The number of likely N-dealkylation sites (tertiary alicyclic amines) is 1. The molecule has 0 bridgehead atoms. The zero-order valence-electron chi connectivity index (χ0n) is 19.6. The number of rotatable bonds is 7. The molecule has 8 heteroatoms. The lowest BCUT2D eigenvalue weighted by Gasteiger charge is -2.34. The Kier molecular flexibility index (Phi) is 9.50. The first-order chi connectivity index (χ1) is 16.1. The Morgan fingerprint density at radius 3 is 2.71 bits per heavy atom. The molecule has 1 atom stereocenters. The number of primary amides is 1. The van der Waals surface area contributed by atoms with Crippen molar-refractivity contribution in [1.29, 1.82) is 0 Å². The van der Waals surface area contributed by atoms with Crippen LogP contribution >= 0.6 is 24.0 Å². The van der Waals surface area contributed by atoms with Crippen LogP contribution in [0.5, 0.6) is 0 Å². The van der Waals surface area contributed by atoms with Crippen LogP contribution in [-0.4, -0.2) is 46.5 Å². The van der Waals surface area contributed by atoms with Crippen LogP contribution in [0.4, 0.5) is 0 Å². The lowest BCUT2D eigenvalue weighted by Crippen LogP contribution is -2.46. The van der Waals surface area contributed by atoms with E-state index in [0.29, 0.717) is 18.9 Å². The number of nitrogens with one attached hydrogen (secondary N) is 1. The van der Waals surface area contributed by atoms with E-state index in [2.05, 4.69) is 73.3 Å². The van der Waals surface area contributed by atoms with Crippen LogP contribution in [0.25, 0.3) is 11.1 Å². The Balaban J connectivity index is 0.00000324. The predicted octanol–water partition coefficient (Wildman–Crippen LogP) is 3.88. The van der Waals surface area contributed by atoms with Crippen molar-refractivity contribution in [3.8, 4) is 11.1 Å². The lowest BCUT2D eigenvalue weighted by atomic mass is 9.95. The van der Waals surface area contributed by atoms with Crippen molar-refractivity contribution >= 4 is 35.8 Å². The summed E-state index contributed by atoms with van der Waals surface area (Å²) in [5.74, 6) is 0.937. The van der Waals surface area contributed by atoms with Crippen LogP contribution in [0.15, 0.2) is 72.2 Å². The number of halogens is 1. The van der Waals surface area contributed by atoms with E-state index < -0.39 is 0 Å². The molecule has 1 aliphatic heterocycles. The van der Waals surface area contributed by atoms with Crippen molar-refractivity contribution in [3.05, 3.63) is 78.4 Å². The standard InChI is InChI=1S/C26H32N6O.HI/c1-28-26(32-13-4-5-21(18-32)15-25(27)33)30-16-23-6-2-3-7-24(23)22-10-8-20(9-11-22)17-31-14-12-29-19-31;/h2-3,6-12,14,19,21H,4-5,13,15-18H2,1H3,(H2,27,33)(H,28,30);1H. The van der Waals surface area contributed by atoms with Gasteiger partial charge in [0.05, 0.1) is 6.33 Å². The first-order valence-corrected chi connectivity index (χ1v) is 11.5. The van der Waals surface area contributed by atoms with Gasteiger partial charge in [0, 0.05) is 52.0 Å². The third-order valence-corrected chi connectivity index (χ3v) is 6.16. The minimum Gasteiger partial charge on any atom is -0.370 e. The molecule has 1 aromatic heterocycles. The van der Waals surface area contributed by atoms with E-state index in [4.69, 9.17) is 5.73 Å². The number of hydrogen-bond acceptors (Lipinski definition) is 3. The maximum absolute atomic E-state index is 11.4. The van der Waals surface area contributed by atoms with Gasteiger partial charge in [-0.15, -0.1) is 24.0 Å². The first kappa shape index (κ1) is 25.7. The summed E-state index contributed by atoms with van der Waals surface area (Å²) >= 11 is 0. The molecule has 1 saturated heterocycles. The highest BCUT2D eigenvalue weighted by Gasteiger charge is 2.23. The predicted molar refractivity (Wildman–Crippen MR) is 147 cm³/mol. The zero-order valence-corrected chi connectivity index (χ0v) is 21.9. The Morgan fingerprint density at radius 1 is 1.21 bits per heavy atom. The quantitative estimate of drug-likeness (QED) is 0.256. The van der Waals surface area contributed by atoms with Crippen LogP contribution < -0.4 is 11.1 Å². The van der Waals surface area contributed by atoms with Gasteiger partial charge in [0.15, 0.2) is 5.96 Å². The monoisotopic (exact) mass is 572 g/mol. The number of benzene rings is 2. The van der Waals surface area contributed by atoms with Crippen molar-refractivity contribution in [2.75, 3.05) is 20.1 Å². The van der Waals surface area contributed by atoms with Gasteiger partial charge in [-0.25, -0.2) is 4.98 Å². The number of aliphatic imine (C=N–C) groups is 1. The molecule has 1 aliphatic rings. The average Bonchev–Trinajstić information content (AvgIpc) is 3.33. The summed E-state index contributed by atoms with van der Waals surface area (Å²) in [6.07, 6.45) is 8.12. The highest BCUT2D eigenvalue weighted by atomic mass is 127. The van der Waals surface area contributed by atoms with Crippen LogP contribution in [0.1, 0.15) is 30.4 Å². The second-order valence-corrected chi connectivity index (χ2v) is 8.61. The number of aromatic nitrogens is 2. The minimum absolute atomic E-state index is 0. The molecule has 1 amide bonds. The molecular formula is C26H33IN6O. The van der Waals surface area contributed by atoms with E-state index in [1.807, 2.05) is 19.6 Å². The number of guanidine groups is 1. The molecule has 180 valence electrons. The molecule has 3 N–H and O–H groups in total. The fourth-order valence-corrected chi connectivity index (χ4v) is 4.55. The van der Waals surface area contributed by atoms with Crippen molar-refractivity contribution < 1.29 is 4.79 Å². The van der Waals surface area contributed by atoms with E-state index in [1.54, 1.807) is 6.20 Å². The van der Waals surface area contributed by atoms with Crippen LogP contribution in [-0.2, 0) is 17.9 Å². The van der Waals surface area contributed by atoms with Gasteiger partial charge >= 0.3 is 0 Å². The number of hydrogen-bond donors (Lipinski definition) is 2. The van der Waals surface area contributed by atoms with Crippen molar-refractivity contribution in [3.63, 3.8) is 0 Å². The van der Waals surface area contributed by atoms with Crippen molar-refractivity contribution in [1.82, 2.24) is 19.8 Å². The molecule has 3 aromatic rings. The van der Waals surface area contributed by atoms with Gasteiger partial charge in [-0.1, -0.05) is 48.5 Å². The fourth-order valence-electron chi connectivity index (χ4n) is 4.55. The second kappa shape index (κ2) is 12.5. The zero-order chi connectivity index (χ0) is 23.0. The summed E-state index contributed by atoms with van der Waals surface area (Å²) in [4.78, 5) is 22.2. The van der Waals surface area contributed by atoms with Crippen LogP contribution in [0.2, 0.25) is 0 Å². The van der Waals surface area contributed by atoms with E-state index in [0.717, 1.165) is 38.4 Å². The molecule has 7 nitrogen and oxygen atoms in total. The topological polar surface area (TPSA) is 88.5 Å². The number of nitrogens with zero attached hydrogens (tertiary/aromatic N) is 4. The Labute approximate surface area is 218 Å². The number of piperidine rings is 1. The van der Waals surface area contributed by atoms with E-state index in [-0.39, 0.29) is 29.9 Å². The van der Waals surface area contributed by atoms with Gasteiger partial charge in [0.25, 0.3) is 0 Å². The van der Waals surface area contributed by atoms with Crippen LogP contribution in [0, 0.1) is 5.92 Å². The fraction of sp³-hybridized carbons (Fsp3) is 0.346. The molecule has 0 saturated carbocycles. The van der Waals surface area contributed by atoms with E-state index in [1.165, 1.54) is 22.3 Å². The molecule has 0 aliphatic carbocycles. The highest BCUT2D eigenvalue weighted by Crippen LogP contribution is 2.25. The number of carbonyl (C=O) groups is 1. The van der Waals surface area contributed by atoms with Gasteiger partial charge in [-0.3, -0.25) is 9.79 Å². The summed E-state index contributed by atoms with van der Waals surface area (Å²) in [6, 6.07) is 17.2. The van der Waals surface area contributed by atoms with Crippen molar-refractivity contribution in [2.24, 2.45) is 16.6 Å². The third-order valence-electron chi connectivity index (χ3n) is 6.16. The summed E-state index contributed by atoms with van der Waals surface area (Å²) < 4.78 is 2.06. The Bertz CT molecular complexity index is 1080. The van der Waals surface area contributed by atoms with E-state index >= 15 is 0 Å². The highest BCUT2D eigenvalue weighted by molar-refractivity contribution is 14.0. The molecule has 2 heterocycles. The normalized spacial score (nSPS) is 16.1. The van der Waals surface area contributed by atoms with Gasteiger partial charge in [-0.05, 0) is 41.0 Å². The third kappa shape index (κ3) is 6.82. The largest absolute Gasteiger partial charge is 0.370 e. The van der Waals surface area contributed by atoms with Gasteiger partial charge < -0.3 is 20.5 Å². The van der Waals surface area contributed by atoms with Gasteiger partial charge in [0.2, 0.25) is 5.91 Å². The molecule has 0 radical (unpaired) electrons. The minimum atomic E-state index is -0.227. The average molecular weight is 572 g/mol. The first-order valence-electron chi connectivity index (χ1n) is 11.5. The smallest absolute Gasteiger partial charge is 0.217 e. The molecule has 0 spiro atoms. The summed E-state index contributed by atoms with van der Waals surface area (Å²) in [6.45, 7) is 3.24. The molecule has 1 fully saturated rings. The van der Waals surface area contributed by atoms with Crippen molar-refractivity contribution in [2.45, 2.75) is 32.4 Å². The number of carbonyl (C=O) groups excluding carboxylic acids is 1. The SMILES string of the molecule is CN=C(NCc1ccccc1-c1ccc(Cn2ccnc2)cc1)N1CCCC(CC(N)=O)C1.I. The number of nitrogens with two attached hydrogens (primary N) is 1.